The lowest BCUT2D eigenvalue weighted by Gasteiger charge is -2.09. The monoisotopic (exact) mass is 413 g/mol. The van der Waals surface area contributed by atoms with Crippen LogP contribution in [0.25, 0.3) is 6.08 Å². The zero-order valence-corrected chi connectivity index (χ0v) is 16.5. The topological polar surface area (TPSA) is 82.1 Å². The van der Waals surface area contributed by atoms with E-state index in [0.717, 1.165) is 28.0 Å². The zero-order chi connectivity index (χ0) is 20.6. The van der Waals surface area contributed by atoms with Gasteiger partial charge in [-0.05, 0) is 47.7 Å². The van der Waals surface area contributed by atoms with Crippen LogP contribution in [0.1, 0.15) is 5.56 Å². The molecule has 0 aromatic heterocycles. The SMILES string of the molecule is COC(=O)CN1C(=O)S/C(=C/c2ccc(OCCOc3ccccc3)cc2)C1=O. The molecular weight excluding hydrogens is 394 g/mol. The number of rotatable bonds is 8. The van der Waals surface area contributed by atoms with Gasteiger partial charge in [0.15, 0.2) is 0 Å². The van der Waals surface area contributed by atoms with Crippen molar-refractivity contribution in [2.45, 2.75) is 0 Å². The third kappa shape index (κ3) is 5.61. The van der Waals surface area contributed by atoms with E-state index in [2.05, 4.69) is 4.74 Å². The van der Waals surface area contributed by atoms with Gasteiger partial charge in [0.05, 0.1) is 12.0 Å². The molecule has 3 rings (SSSR count). The average molecular weight is 413 g/mol. The van der Waals surface area contributed by atoms with Crippen LogP contribution in [0.4, 0.5) is 4.79 Å². The number of carbonyl (C=O) groups is 3. The molecule has 1 heterocycles. The summed E-state index contributed by atoms with van der Waals surface area (Å²) in [6.07, 6.45) is 1.60. The quantitative estimate of drug-likeness (QED) is 0.373. The Morgan fingerprint density at radius 1 is 0.966 bits per heavy atom. The Hall–Kier alpha value is -3.26. The predicted molar refractivity (Wildman–Crippen MR) is 109 cm³/mol. The Morgan fingerprint density at radius 2 is 1.59 bits per heavy atom. The number of benzene rings is 2. The minimum atomic E-state index is -0.647. The number of hydrogen-bond donors (Lipinski definition) is 0. The van der Waals surface area contributed by atoms with Gasteiger partial charge in [-0.25, -0.2) is 0 Å². The number of ether oxygens (including phenoxy) is 3. The maximum atomic E-state index is 12.3. The van der Waals surface area contributed by atoms with E-state index in [1.807, 2.05) is 30.3 Å². The highest BCUT2D eigenvalue weighted by atomic mass is 32.2. The van der Waals surface area contributed by atoms with E-state index in [4.69, 9.17) is 9.47 Å². The van der Waals surface area contributed by atoms with Crippen molar-refractivity contribution in [1.29, 1.82) is 0 Å². The normalized spacial score (nSPS) is 14.9. The molecule has 0 N–H and O–H groups in total. The number of nitrogens with zero attached hydrogens (tertiary/aromatic N) is 1. The molecule has 0 saturated carbocycles. The van der Waals surface area contributed by atoms with E-state index < -0.39 is 23.7 Å². The molecule has 1 aliphatic rings. The van der Waals surface area contributed by atoms with Crippen molar-refractivity contribution >= 4 is 35.0 Å². The molecule has 1 aliphatic heterocycles. The second-order valence-corrected chi connectivity index (χ2v) is 6.92. The highest BCUT2D eigenvalue weighted by Gasteiger charge is 2.36. The van der Waals surface area contributed by atoms with Crippen molar-refractivity contribution in [1.82, 2.24) is 4.90 Å². The second-order valence-electron chi connectivity index (χ2n) is 5.92. The molecule has 2 amide bonds. The smallest absolute Gasteiger partial charge is 0.325 e. The first-order valence-electron chi connectivity index (χ1n) is 8.79. The van der Waals surface area contributed by atoms with Gasteiger partial charge in [0.25, 0.3) is 11.1 Å². The Kier molecular flexibility index (Phi) is 6.91. The lowest BCUT2D eigenvalue weighted by molar-refractivity contribution is -0.143. The van der Waals surface area contributed by atoms with Gasteiger partial charge in [-0.3, -0.25) is 19.3 Å². The number of thioether (sulfide) groups is 1. The molecule has 0 unspecified atom stereocenters. The third-order valence-corrected chi connectivity index (χ3v) is 4.84. The summed E-state index contributed by atoms with van der Waals surface area (Å²) in [6, 6.07) is 16.6. The van der Waals surface area contributed by atoms with Crippen LogP contribution < -0.4 is 9.47 Å². The van der Waals surface area contributed by atoms with Crippen LogP contribution in [0.5, 0.6) is 11.5 Å². The van der Waals surface area contributed by atoms with E-state index >= 15 is 0 Å². The van der Waals surface area contributed by atoms with Crippen molar-refractivity contribution in [2.24, 2.45) is 0 Å². The molecule has 0 radical (unpaired) electrons. The first kappa shape index (κ1) is 20.5. The Morgan fingerprint density at radius 3 is 2.21 bits per heavy atom. The minimum Gasteiger partial charge on any atom is -0.490 e. The summed E-state index contributed by atoms with van der Waals surface area (Å²) in [5, 5.41) is -0.495. The fraction of sp³-hybridized carbons (Fsp3) is 0.190. The van der Waals surface area contributed by atoms with E-state index in [1.165, 1.54) is 7.11 Å². The molecule has 8 heteroatoms. The highest BCUT2D eigenvalue weighted by Crippen LogP contribution is 2.32. The van der Waals surface area contributed by atoms with Gasteiger partial charge in [0, 0.05) is 0 Å². The van der Waals surface area contributed by atoms with Crippen LogP contribution in [-0.2, 0) is 14.3 Å². The highest BCUT2D eigenvalue weighted by molar-refractivity contribution is 8.18. The number of imide groups is 1. The first-order valence-corrected chi connectivity index (χ1v) is 9.61. The van der Waals surface area contributed by atoms with Crippen LogP contribution in [0.3, 0.4) is 0 Å². The van der Waals surface area contributed by atoms with Gasteiger partial charge in [0.2, 0.25) is 0 Å². The summed E-state index contributed by atoms with van der Waals surface area (Å²) in [5.74, 6) is 0.292. The summed E-state index contributed by atoms with van der Waals surface area (Å²) in [7, 11) is 1.20. The Balaban J connectivity index is 1.52. The molecule has 0 bridgehead atoms. The Labute approximate surface area is 172 Å². The predicted octanol–water partition coefficient (Wildman–Crippen LogP) is 3.35. The molecule has 2 aromatic rings. The van der Waals surface area contributed by atoms with Crippen LogP contribution in [0.15, 0.2) is 59.5 Å². The lowest BCUT2D eigenvalue weighted by Crippen LogP contribution is -2.34. The molecule has 1 saturated heterocycles. The second kappa shape index (κ2) is 9.79. The molecule has 2 aromatic carbocycles. The largest absolute Gasteiger partial charge is 0.490 e. The van der Waals surface area contributed by atoms with E-state index in [1.54, 1.807) is 30.3 Å². The molecule has 0 aliphatic carbocycles. The van der Waals surface area contributed by atoms with Crippen molar-refractivity contribution in [2.75, 3.05) is 26.9 Å². The molecule has 1 fully saturated rings. The van der Waals surface area contributed by atoms with Crippen molar-refractivity contribution in [3.8, 4) is 11.5 Å². The van der Waals surface area contributed by atoms with Gasteiger partial charge in [0.1, 0.15) is 31.3 Å². The number of hydrogen-bond acceptors (Lipinski definition) is 7. The van der Waals surface area contributed by atoms with Crippen LogP contribution in [0, 0.1) is 0 Å². The summed E-state index contributed by atoms with van der Waals surface area (Å²) in [5.41, 5.74) is 0.737. The van der Waals surface area contributed by atoms with E-state index in [0.29, 0.717) is 19.0 Å². The number of esters is 1. The van der Waals surface area contributed by atoms with Gasteiger partial charge in [-0.15, -0.1) is 0 Å². The fourth-order valence-corrected chi connectivity index (χ4v) is 3.32. The van der Waals surface area contributed by atoms with E-state index in [-0.39, 0.29) is 4.91 Å². The Bertz CT molecular complexity index is 911. The summed E-state index contributed by atoms with van der Waals surface area (Å²) in [4.78, 5) is 36.7. The minimum absolute atomic E-state index is 0.254. The van der Waals surface area contributed by atoms with Gasteiger partial charge < -0.3 is 14.2 Å². The van der Waals surface area contributed by atoms with E-state index in [9.17, 15) is 14.4 Å². The first-order chi connectivity index (χ1) is 14.1. The maximum absolute atomic E-state index is 12.3. The number of amides is 2. The summed E-state index contributed by atoms with van der Waals surface area (Å²) >= 11 is 0.791. The van der Waals surface area contributed by atoms with Gasteiger partial charge in [-0.2, -0.15) is 0 Å². The van der Waals surface area contributed by atoms with Gasteiger partial charge in [-0.1, -0.05) is 30.3 Å². The maximum Gasteiger partial charge on any atom is 0.325 e. The van der Waals surface area contributed by atoms with Crippen LogP contribution in [0.2, 0.25) is 0 Å². The molecule has 0 spiro atoms. The molecule has 0 atom stereocenters. The van der Waals surface area contributed by atoms with Crippen LogP contribution in [-0.4, -0.2) is 48.9 Å². The zero-order valence-electron chi connectivity index (χ0n) is 15.7. The summed E-state index contributed by atoms with van der Waals surface area (Å²) < 4.78 is 15.7. The molecule has 29 heavy (non-hydrogen) atoms. The van der Waals surface area contributed by atoms with Crippen molar-refractivity contribution in [3.05, 3.63) is 65.1 Å². The summed E-state index contributed by atoms with van der Waals surface area (Å²) in [6.45, 7) is 0.413. The molecule has 150 valence electrons. The number of methoxy groups -OCH3 is 1. The van der Waals surface area contributed by atoms with Crippen LogP contribution >= 0.6 is 11.8 Å². The standard InChI is InChI=1S/C21H19NO6S/c1-26-19(23)14-22-20(24)18(29-21(22)25)13-15-7-9-17(10-8-15)28-12-11-27-16-5-3-2-4-6-16/h2-10,13H,11-12,14H2,1H3/b18-13+. The number of para-hydroxylation sites is 1. The van der Waals surface area contributed by atoms with Gasteiger partial charge >= 0.3 is 5.97 Å². The van der Waals surface area contributed by atoms with Crippen molar-refractivity contribution in [3.63, 3.8) is 0 Å². The fourth-order valence-electron chi connectivity index (χ4n) is 2.48. The third-order valence-electron chi connectivity index (χ3n) is 3.93. The molecule has 7 nitrogen and oxygen atoms in total. The van der Waals surface area contributed by atoms with Crippen molar-refractivity contribution < 1.29 is 28.6 Å². The lowest BCUT2D eigenvalue weighted by atomic mass is 10.2. The number of carbonyl (C=O) groups excluding carboxylic acids is 3. The average Bonchev–Trinajstić information content (AvgIpc) is 3.00. The molecular formula is C21H19NO6S.